The second kappa shape index (κ2) is 5.80. The van der Waals surface area contributed by atoms with Crippen LogP contribution in [0, 0.1) is 6.92 Å². The van der Waals surface area contributed by atoms with Crippen molar-refractivity contribution < 1.29 is 0 Å². The fourth-order valence-electron chi connectivity index (χ4n) is 2.25. The Kier molecular flexibility index (Phi) is 4.56. The van der Waals surface area contributed by atoms with Crippen molar-refractivity contribution in [2.45, 2.75) is 45.0 Å². The summed E-state index contributed by atoms with van der Waals surface area (Å²) in [5.41, 5.74) is 1.18. The van der Waals surface area contributed by atoms with Crippen LogP contribution < -0.4 is 10.2 Å². The van der Waals surface area contributed by atoms with Crippen LogP contribution in [0.4, 0.5) is 5.13 Å². The molecule has 3 atom stereocenters. The van der Waals surface area contributed by atoms with Crippen molar-refractivity contribution in [2.75, 3.05) is 24.2 Å². The summed E-state index contributed by atoms with van der Waals surface area (Å²) in [6.07, 6.45) is 0. The number of hydrogen-bond acceptors (Lipinski definition) is 5. The number of nitrogens with zero attached hydrogens (tertiary/aromatic N) is 2. The number of aromatic nitrogens is 1. The molecule has 5 heteroatoms. The molecule has 1 saturated heterocycles. The molecule has 3 nitrogen and oxygen atoms in total. The molecule has 0 aliphatic carbocycles. The highest BCUT2D eigenvalue weighted by Gasteiger charge is 2.28. The second-order valence-corrected chi connectivity index (χ2v) is 7.46. The van der Waals surface area contributed by atoms with Gasteiger partial charge in [-0.2, -0.15) is 11.8 Å². The molecule has 1 fully saturated rings. The van der Waals surface area contributed by atoms with E-state index in [0.717, 1.165) is 6.54 Å². The monoisotopic (exact) mass is 285 g/mol. The van der Waals surface area contributed by atoms with E-state index in [4.69, 9.17) is 4.98 Å². The van der Waals surface area contributed by atoms with Crippen LogP contribution in [-0.2, 0) is 0 Å². The van der Waals surface area contributed by atoms with E-state index in [-0.39, 0.29) is 0 Å². The highest BCUT2D eigenvalue weighted by molar-refractivity contribution is 8.00. The largest absolute Gasteiger partial charge is 0.343 e. The summed E-state index contributed by atoms with van der Waals surface area (Å²) < 4.78 is 0. The molecular weight excluding hydrogens is 262 g/mol. The number of rotatable bonds is 3. The average Bonchev–Trinajstić information content (AvgIpc) is 2.73. The van der Waals surface area contributed by atoms with Crippen LogP contribution in [0.25, 0.3) is 0 Å². The molecule has 1 aromatic heterocycles. The van der Waals surface area contributed by atoms with E-state index in [1.165, 1.54) is 21.5 Å². The second-order valence-electron chi connectivity index (χ2n) is 4.97. The molecule has 1 N–H and O–H groups in total. The molecule has 0 amide bonds. The molecule has 1 aliphatic rings. The summed E-state index contributed by atoms with van der Waals surface area (Å²) in [6.45, 7) is 10.1. The maximum atomic E-state index is 4.78. The van der Waals surface area contributed by atoms with Gasteiger partial charge in [-0.3, -0.25) is 0 Å². The summed E-state index contributed by atoms with van der Waals surface area (Å²) >= 11 is 3.92. The first-order valence-corrected chi connectivity index (χ1v) is 8.44. The molecule has 0 radical (unpaired) electrons. The number of nitrogens with one attached hydrogen (secondary N) is 1. The van der Waals surface area contributed by atoms with Gasteiger partial charge in [0.05, 0.1) is 5.69 Å². The summed E-state index contributed by atoms with van der Waals surface area (Å²) in [5, 5.41) is 5.19. The van der Waals surface area contributed by atoms with E-state index in [0.29, 0.717) is 17.3 Å². The lowest BCUT2D eigenvalue weighted by Crippen LogP contribution is -2.44. The van der Waals surface area contributed by atoms with Crippen LogP contribution in [0.2, 0.25) is 0 Å². The quantitative estimate of drug-likeness (QED) is 0.924. The van der Waals surface area contributed by atoms with Crippen molar-refractivity contribution in [3.63, 3.8) is 0 Å². The fourth-order valence-corrected chi connectivity index (χ4v) is 4.59. The van der Waals surface area contributed by atoms with Crippen LogP contribution in [0.3, 0.4) is 0 Å². The van der Waals surface area contributed by atoms with E-state index < -0.39 is 0 Å². The molecule has 3 unspecified atom stereocenters. The van der Waals surface area contributed by atoms with E-state index in [1.807, 2.05) is 18.4 Å². The Balaban J connectivity index is 2.23. The topological polar surface area (TPSA) is 28.2 Å². The molecule has 1 aliphatic heterocycles. The van der Waals surface area contributed by atoms with Gasteiger partial charge in [0.25, 0.3) is 0 Å². The van der Waals surface area contributed by atoms with Crippen molar-refractivity contribution in [1.82, 2.24) is 10.3 Å². The lowest BCUT2D eigenvalue weighted by molar-refractivity contribution is 0.625. The number of hydrogen-bond donors (Lipinski definition) is 1. The maximum Gasteiger partial charge on any atom is 0.186 e. The maximum absolute atomic E-state index is 4.78. The molecule has 0 aromatic carbocycles. The molecule has 18 heavy (non-hydrogen) atoms. The molecule has 2 rings (SSSR count). The van der Waals surface area contributed by atoms with Crippen molar-refractivity contribution in [3.05, 3.63) is 10.6 Å². The van der Waals surface area contributed by atoms with E-state index in [1.54, 1.807) is 0 Å². The van der Waals surface area contributed by atoms with Crippen molar-refractivity contribution in [1.29, 1.82) is 0 Å². The SMILES string of the molecule is CNC(C)c1sc(N2CCSC(C)C2C)nc1C. The van der Waals surface area contributed by atoms with Gasteiger partial charge in [-0.05, 0) is 27.8 Å². The van der Waals surface area contributed by atoms with Gasteiger partial charge >= 0.3 is 0 Å². The summed E-state index contributed by atoms with van der Waals surface area (Å²) in [4.78, 5) is 8.63. The Labute approximate surface area is 118 Å². The van der Waals surface area contributed by atoms with Crippen molar-refractivity contribution >= 4 is 28.2 Å². The number of anilines is 1. The summed E-state index contributed by atoms with van der Waals surface area (Å²) in [5.74, 6) is 1.21. The first-order chi connectivity index (χ1) is 8.54. The minimum atomic E-state index is 0.392. The van der Waals surface area contributed by atoms with Gasteiger partial charge in [-0.1, -0.05) is 6.92 Å². The Bertz CT molecular complexity index is 405. The normalized spacial score (nSPS) is 26.4. The average molecular weight is 285 g/mol. The van der Waals surface area contributed by atoms with Crippen molar-refractivity contribution in [2.24, 2.45) is 0 Å². The van der Waals surface area contributed by atoms with E-state index in [9.17, 15) is 0 Å². The minimum Gasteiger partial charge on any atom is -0.343 e. The standard InChI is InChI=1S/C13H23N3S2/c1-8(14-5)12-9(2)15-13(18-12)16-6-7-17-11(4)10(16)3/h8,10-11,14H,6-7H2,1-5H3. The third kappa shape index (κ3) is 2.68. The Morgan fingerprint density at radius 3 is 2.83 bits per heavy atom. The molecule has 1 aromatic rings. The van der Waals surface area contributed by atoms with Gasteiger partial charge in [0, 0.05) is 34.5 Å². The van der Waals surface area contributed by atoms with Crippen molar-refractivity contribution in [3.8, 4) is 0 Å². The molecule has 102 valence electrons. The zero-order valence-electron chi connectivity index (χ0n) is 11.9. The number of aryl methyl sites for hydroxylation is 1. The van der Waals surface area contributed by atoms with Gasteiger partial charge in [-0.15, -0.1) is 11.3 Å². The lowest BCUT2D eigenvalue weighted by atomic mass is 10.2. The zero-order valence-corrected chi connectivity index (χ0v) is 13.5. The summed E-state index contributed by atoms with van der Waals surface area (Å²) in [7, 11) is 2.01. The smallest absolute Gasteiger partial charge is 0.186 e. The Hall–Kier alpha value is -0.260. The predicted molar refractivity (Wildman–Crippen MR) is 83.1 cm³/mol. The van der Waals surface area contributed by atoms with Crippen LogP contribution >= 0.6 is 23.1 Å². The zero-order chi connectivity index (χ0) is 13.3. The molecule has 0 bridgehead atoms. The van der Waals surface area contributed by atoms with Crippen LogP contribution in [0.5, 0.6) is 0 Å². The summed E-state index contributed by atoms with van der Waals surface area (Å²) in [6, 6.07) is 0.968. The van der Waals surface area contributed by atoms with Gasteiger partial charge < -0.3 is 10.2 Å². The van der Waals surface area contributed by atoms with E-state index in [2.05, 4.69) is 49.7 Å². The first-order valence-electron chi connectivity index (χ1n) is 6.57. The van der Waals surface area contributed by atoms with Crippen LogP contribution in [0.15, 0.2) is 0 Å². The molecule has 2 heterocycles. The highest BCUT2D eigenvalue weighted by atomic mass is 32.2. The third-order valence-corrected chi connectivity index (χ3v) is 6.49. The molecule has 0 saturated carbocycles. The molecular formula is C13H23N3S2. The Morgan fingerprint density at radius 1 is 1.44 bits per heavy atom. The highest BCUT2D eigenvalue weighted by Crippen LogP contribution is 2.35. The number of thioether (sulfide) groups is 1. The van der Waals surface area contributed by atoms with E-state index >= 15 is 0 Å². The van der Waals surface area contributed by atoms with Crippen LogP contribution in [0.1, 0.15) is 37.4 Å². The number of thiazole rings is 1. The first kappa shape index (κ1) is 14.2. The fraction of sp³-hybridized carbons (Fsp3) is 0.769. The van der Waals surface area contributed by atoms with Crippen LogP contribution in [-0.4, -0.2) is 35.6 Å². The Morgan fingerprint density at radius 2 is 2.17 bits per heavy atom. The third-order valence-electron chi connectivity index (χ3n) is 3.78. The van der Waals surface area contributed by atoms with Gasteiger partial charge in [0.1, 0.15) is 0 Å². The minimum absolute atomic E-state index is 0.392. The molecule has 0 spiro atoms. The van der Waals surface area contributed by atoms with Gasteiger partial charge in [-0.25, -0.2) is 4.98 Å². The predicted octanol–water partition coefficient (Wildman–Crippen LogP) is 3.06. The lowest BCUT2D eigenvalue weighted by Gasteiger charge is -2.37. The van der Waals surface area contributed by atoms with Gasteiger partial charge in [0.15, 0.2) is 5.13 Å². The van der Waals surface area contributed by atoms with Gasteiger partial charge in [0.2, 0.25) is 0 Å².